The molecule has 1 atom stereocenters. The number of carbonyl (C=O) groups is 2. The van der Waals surface area contributed by atoms with Gasteiger partial charge in [0.2, 0.25) is 0 Å². The van der Waals surface area contributed by atoms with Gasteiger partial charge in [-0.15, -0.1) is 0 Å². The van der Waals surface area contributed by atoms with Crippen molar-refractivity contribution in [3.8, 4) is 0 Å². The second kappa shape index (κ2) is 5.08. The number of hydrogen-bond acceptors (Lipinski definition) is 4. The van der Waals surface area contributed by atoms with E-state index in [-0.39, 0.29) is 24.1 Å². The number of esters is 1. The lowest BCUT2D eigenvalue weighted by Gasteiger charge is -2.22. The van der Waals surface area contributed by atoms with E-state index in [2.05, 4.69) is 4.98 Å². The molecular weight excluding hydrogens is 218 g/mol. The molecule has 1 unspecified atom stereocenters. The average molecular weight is 233 g/mol. The Morgan fingerprint density at radius 1 is 1.53 bits per heavy atom. The molecule has 17 heavy (non-hydrogen) atoms. The minimum atomic E-state index is -0.369. The van der Waals surface area contributed by atoms with Crippen molar-refractivity contribution in [1.82, 2.24) is 4.98 Å². The first-order valence-electron chi connectivity index (χ1n) is 5.84. The molecule has 1 aromatic rings. The number of hydrogen-bond donors (Lipinski definition) is 0. The number of Topliss-reactive ketones (excluding diaryl/α,β-unsaturated/α-hetero) is 1. The maximum absolute atomic E-state index is 11.9. The molecule has 0 aromatic carbocycles. The fourth-order valence-electron chi connectivity index (χ4n) is 2.18. The van der Waals surface area contributed by atoms with Crippen molar-refractivity contribution < 1.29 is 14.3 Å². The quantitative estimate of drug-likeness (QED) is 0.745. The lowest BCUT2D eigenvalue weighted by atomic mass is 9.82. The van der Waals surface area contributed by atoms with Crippen LogP contribution in [0.15, 0.2) is 18.3 Å². The monoisotopic (exact) mass is 233 g/mol. The fourth-order valence-corrected chi connectivity index (χ4v) is 2.18. The zero-order valence-corrected chi connectivity index (χ0v) is 9.81. The molecule has 0 N–H and O–H groups in total. The van der Waals surface area contributed by atoms with Crippen molar-refractivity contribution in [2.24, 2.45) is 0 Å². The Kier molecular flexibility index (Phi) is 3.52. The summed E-state index contributed by atoms with van der Waals surface area (Å²) in [6.45, 7) is 2.11. The maximum atomic E-state index is 11.9. The van der Waals surface area contributed by atoms with E-state index in [9.17, 15) is 9.59 Å². The van der Waals surface area contributed by atoms with Crippen LogP contribution < -0.4 is 0 Å². The third kappa shape index (κ3) is 2.52. The van der Waals surface area contributed by atoms with Crippen molar-refractivity contribution in [3.63, 3.8) is 0 Å². The van der Waals surface area contributed by atoms with Crippen LogP contribution in [-0.2, 0) is 20.7 Å². The number of aromatic nitrogens is 1. The highest BCUT2D eigenvalue weighted by Crippen LogP contribution is 2.30. The minimum absolute atomic E-state index is 0.110. The van der Waals surface area contributed by atoms with Gasteiger partial charge in [0, 0.05) is 18.3 Å². The van der Waals surface area contributed by atoms with Crippen molar-refractivity contribution >= 4 is 11.8 Å². The first kappa shape index (κ1) is 11.8. The Labute approximate surface area is 100 Å². The van der Waals surface area contributed by atoms with Gasteiger partial charge in [-0.3, -0.25) is 14.6 Å². The number of nitrogens with zero attached hydrogens (tertiary/aromatic N) is 1. The summed E-state index contributed by atoms with van der Waals surface area (Å²) in [6.07, 6.45) is 2.99. The molecule has 0 aliphatic heterocycles. The Morgan fingerprint density at radius 2 is 2.35 bits per heavy atom. The normalized spacial score (nSPS) is 18.6. The zero-order chi connectivity index (χ0) is 12.3. The maximum Gasteiger partial charge on any atom is 0.306 e. The van der Waals surface area contributed by atoms with Crippen molar-refractivity contribution in [2.45, 2.75) is 32.1 Å². The smallest absolute Gasteiger partial charge is 0.306 e. The van der Waals surface area contributed by atoms with Gasteiger partial charge >= 0.3 is 5.97 Å². The molecule has 2 rings (SSSR count). The molecule has 0 saturated carbocycles. The van der Waals surface area contributed by atoms with Crippen LogP contribution in [0.4, 0.5) is 0 Å². The number of ketones is 1. The van der Waals surface area contributed by atoms with E-state index in [0.29, 0.717) is 19.4 Å². The molecule has 4 nitrogen and oxygen atoms in total. The SMILES string of the molecule is CCOC(=O)CC1C(=O)CCc2ncccc21. The second-order valence-electron chi connectivity index (χ2n) is 4.07. The molecule has 0 fully saturated rings. The summed E-state index contributed by atoms with van der Waals surface area (Å²) in [6, 6.07) is 3.68. The van der Waals surface area contributed by atoms with Gasteiger partial charge in [0.15, 0.2) is 0 Å². The van der Waals surface area contributed by atoms with Gasteiger partial charge in [0.1, 0.15) is 5.78 Å². The van der Waals surface area contributed by atoms with E-state index < -0.39 is 0 Å². The summed E-state index contributed by atoms with van der Waals surface area (Å²) in [5.74, 6) is -0.576. The average Bonchev–Trinajstić information content (AvgIpc) is 2.33. The van der Waals surface area contributed by atoms with Crippen molar-refractivity contribution in [2.75, 3.05) is 6.61 Å². The predicted octanol–water partition coefficient (Wildman–Crippen LogP) is 1.63. The molecule has 1 aliphatic rings. The first-order valence-corrected chi connectivity index (χ1v) is 5.84. The molecule has 1 heterocycles. The lowest BCUT2D eigenvalue weighted by molar-refractivity contribution is -0.145. The Balaban J connectivity index is 2.21. The summed E-state index contributed by atoms with van der Waals surface area (Å²) in [7, 11) is 0. The van der Waals surface area contributed by atoms with E-state index in [1.807, 2.05) is 6.07 Å². The number of aryl methyl sites for hydroxylation is 1. The van der Waals surface area contributed by atoms with Gasteiger partial charge in [-0.25, -0.2) is 0 Å². The first-order chi connectivity index (χ1) is 8.22. The Morgan fingerprint density at radius 3 is 3.12 bits per heavy atom. The van der Waals surface area contributed by atoms with Gasteiger partial charge in [0.05, 0.1) is 18.9 Å². The lowest BCUT2D eigenvalue weighted by Crippen LogP contribution is -2.24. The summed E-state index contributed by atoms with van der Waals surface area (Å²) in [4.78, 5) is 27.6. The van der Waals surface area contributed by atoms with Crippen LogP contribution in [0.5, 0.6) is 0 Å². The molecular formula is C13H15NO3. The number of carbonyl (C=O) groups excluding carboxylic acids is 2. The van der Waals surface area contributed by atoms with Gasteiger partial charge in [-0.05, 0) is 25.0 Å². The highest BCUT2D eigenvalue weighted by molar-refractivity contribution is 5.91. The van der Waals surface area contributed by atoms with E-state index in [1.165, 1.54) is 0 Å². The Bertz CT molecular complexity index is 442. The largest absolute Gasteiger partial charge is 0.466 e. The third-order valence-corrected chi connectivity index (χ3v) is 2.97. The summed E-state index contributed by atoms with van der Waals surface area (Å²) < 4.78 is 4.90. The summed E-state index contributed by atoms with van der Waals surface area (Å²) >= 11 is 0. The zero-order valence-electron chi connectivity index (χ0n) is 9.81. The predicted molar refractivity (Wildman–Crippen MR) is 61.6 cm³/mol. The van der Waals surface area contributed by atoms with Crippen LogP contribution in [0.3, 0.4) is 0 Å². The molecule has 0 amide bonds. The molecule has 4 heteroatoms. The standard InChI is InChI=1S/C13H15NO3/c1-2-17-13(16)8-10-9-4-3-7-14-11(9)5-6-12(10)15/h3-4,7,10H,2,5-6,8H2,1H3. The number of pyridine rings is 1. The van der Waals surface area contributed by atoms with Crippen molar-refractivity contribution in [1.29, 1.82) is 0 Å². The van der Waals surface area contributed by atoms with E-state index in [4.69, 9.17) is 4.74 Å². The summed E-state index contributed by atoms with van der Waals surface area (Å²) in [5.41, 5.74) is 1.82. The van der Waals surface area contributed by atoms with Crippen LogP contribution in [0.2, 0.25) is 0 Å². The summed E-state index contributed by atoms with van der Waals surface area (Å²) in [5, 5.41) is 0. The van der Waals surface area contributed by atoms with Gasteiger partial charge in [-0.1, -0.05) is 6.07 Å². The van der Waals surface area contributed by atoms with Gasteiger partial charge in [0.25, 0.3) is 0 Å². The highest BCUT2D eigenvalue weighted by Gasteiger charge is 2.30. The molecule has 0 bridgehead atoms. The topological polar surface area (TPSA) is 56.3 Å². The number of rotatable bonds is 3. The van der Waals surface area contributed by atoms with E-state index in [0.717, 1.165) is 11.3 Å². The molecule has 0 radical (unpaired) electrons. The second-order valence-corrected chi connectivity index (χ2v) is 4.07. The minimum Gasteiger partial charge on any atom is -0.466 e. The molecule has 0 spiro atoms. The Hall–Kier alpha value is -1.71. The fraction of sp³-hybridized carbons (Fsp3) is 0.462. The highest BCUT2D eigenvalue weighted by atomic mass is 16.5. The molecule has 1 aliphatic carbocycles. The van der Waals surface area contributed by atoms with Crippen LogP contribution in [0, 0.1) is 0 Å². The van der Waals surface area contributed by atoms with Crippen LogP contribution in [0.25, 0.3) is 0 Å². The van der Waals surface area contributed by atoms with E-state index in [1.54, 1.807) is 19.2 Å². The number of fused-ring (bicyclic) bond motifs is 1. The van der Waals surface area contributed by atoms with Crippen LogP contribution in [0.1, 0.15) is 36.9 Å². The van der Waals surface area contributed by atoms with Crippen molar-refractivity contribution in [3.05, 3.63) is 29.6 Å². The van der Waals surface area contributed by atoms with Crippen LogP contribution >= 0.6 is 0 Å². The van der Waals surface area contributed by atoms with Gasteiger partial charge in [-0.2, -0.15) is 0 Å². The van der Waals surface area contributed by atoms with Gasteiger partial charge < -0.3 is 4.74 Å². The van der Waals surface area contributed by atoms with Crippen LogP contribution in [-0.4, -0.2) is 23.3 Å². The number of ether oxygens (including phenoxy) is 1. The molecule has 90 valence electrons. The third-order valence-electron chi connectivity index (χ3n) is 2.97. The van der Waals surface area contributed by atoms with E-state index >= 15 is 0 Å². The molecule has 1 aromatic heterocycles. The molecule has 0 saturated heterocycles.